The minimum atomic E-state index is -0.494. The number of allylic oxidation sites excluding steroid dienone is 3. The number of nitrogens with zero attached hydrogens (tertiary/aromatic N) is 4. The van der Waals surface area contributed by atoms with E-state index in [4.69, 9.17) is 21.1 Å². The summed E-state index contributed by atoms with van der Waals surface area (Å²) in [4.78, 5) is 41.9. The van der Waals surface area contributed by atoms with Gasteiger partial charge in [0.25, 0.3) is 0 Å². The predicted octanol–water partition coefficient (Wildman–Crippen LogP) is 4.77. The molecule has 1 aliphatic carbocycles. The molecule has 0 atom stereocenters. The molecule has 0 radical (unpaired) electrons. The third kappa shape index (κ3) is 4.91. The van der Waals surface area contributed by atoms with Crippen LogP contribution in [-0.4, -0.2) is 58.5 Å². The minimum Gasteiger partial charge on any atom is -0.491 e. The Kier molecular flexibility index (Phi) is 7.22. The second-order valence-corrected chi connectivity index (χ2v) is 9.70. The van der Waals surface area contributed by atoms with Crippen LogP contribution in [0.5, 0.6) is 5.75 Å². The number of benzene rings is 1. The Morgan fingerprint density at radius 3 is 2.64 bits per heavy atom. The molecule has 2 aliphatic rings. The Morgan fingerprint density at radius 1 is 1.08 bits per heavy atom. The molecule has 0 fully saturated rings. The number of halogens is 1. The molecule has 0 saturated carbocycles. The maximum absolute atomic E-state index is 12.3. The summed E-state index contributed by atoms with van der Waals surface area (Å²) in [6.07, 6.45) is 1.54. The molecule has 5 rings (SSSR count). The number of hydrogen-bond donors (Lipinski definition) is 0. The molecular formula is C29H25ClN4O5. The van der Waals surface area contributed by atoms with E-state index in [0.717, 1.165) is 22.4 Å². The highest BCUT2D eigenvalue weighted by Crippen LogP contribution is 2.38. The predicted molar refractivity (Wildman–Crippen MR) is 146 cm³/mol. The quantitative estimate of drug-likeness (QED) is 0.325. The lowest BCUT2D eigenvalue weighted by atomic mass is 9.89. The fraction of sp³-hybridized carbons (Fsp3) is 0.276. The van der Waals surface area contributed by atoms with Gasteiger partial charge >= 0.3 is 5.97 Å². The SMILES string of the molecule is COC(=O)c1ccc2c(-c3cc(Cl)ccc3OCCN3C(=C=O)C4=C(CCC(=C=O)C4)N=C3C)cc(C)nn12. The molecule has 3 heterocycles. The first-order valence-corrected chi connectivity index (χ1v) is 12.8. The molecule has 9 nitrogen and oxygen atoms in total. The number of esters is 1. The molecule has 0 amide bonds. The van der Waals surface area contributed by atoms with Crippen LogP contribution in [0.25, 0.3) is 16.6 Å². The summed E-state index contributed by atoms with van der Waals surface area (Å²) in [7, 11) is 1.32. The number of carbonyl (C=O) groups excluding carboxylic acids is 3. The van der Waals surface area contributed by atoms with Crippen LogP contribution in [0.4, 0.5) is 0 Å². The molecule has 2 aromatic heterocycles. The number of ether oxygens (including phenoxy) is 2. The van der Waals surface area contributed by atoms with Gasteiger partial charge in [-0.25, -0.2) is 23.9 Å². The van der Waals surface area contributed by atoms with Gasteiger partial charge in [-0.05, 0) is 63.1 Å². The highest BCUT2D eigenvalue weighted by Gasteiger charge is 2.29. The van der Waals surface area contributed by atoms with Crippen molar-refractivity contribution in [2.45, 2.75) is 33.1 Å². The summed E-state index contributed by atoms with van der Waals surface area (Å²) in [6.45, 7) is 4.23. The van der Waals surface area contributed by atoms with E-state index in [1.807, 2.05) is 25.9 Å². The molecule has 0 N–H and O–H groups in total. The van der Waals surface area contributed by atoms with Gasteiger partial charge in [0.15, 0.2) is 11.6 Å². The average Bonchev–Trinajstić information content (AvgIpc) is 3.36. The normalized spacial score (nSPS) is 15.1. The zero-order chi connectivity index (χ0) is 27.7. The lowest BCUT2D eigenvalue weighted by molar-refractivity contribution is 0.0591. The van der Waals surface area contributed by atoms with Crippen LogP contribution in [0.3, 0.4) is 0 Å². The van der Waals surface area contributed by atoms with Crippen molar-refractivity contribution in [3.8, 4) is 16.9 Å². The summed E-state index contributed by atoms with van der Waals surface area (Å²) in [5.74, 6) is 4.78. The first-order valence-electron chi connectivity index (χ1n) is 12.4. The van der Waals surface area contributed by atoms with Crippen molar-refractivity contribution in [1.29, 1.82) is 0 Å². The van der Waals surface area contributed by atoms with Gasteiger partial charge in [-0.2, -0.15) is 5.10 Å². The number of aliphatic imine (C=N–C) groups is 1. The number of fused-ring (bicyclic) bond motifs is 1. The molecule has 10 heteroatoms. The van der Waals surface area contributed by atoms with Gasteiger partial charge in [0.2, 0.25) is 0 Å². The standard InChI is InChI=1S/C29H25ClN4O5/c1-17-12-21(25-7-8-26(29(37)38-3)34(25)32-17)22-14-20(30)5-9-28(22)39-11-10-33-18(2)31-24-6-4-19(15-35)13-23(24)27(33)16-36/h5,7-9,12,14H,4,6,10-11,13H2,1-3H3. The number of aryl methyl sites for hydroxylation is 1. The Labute approximate surface area is 229 Å². The number of amidine groups is 1. The van der Waals surface area contributed by atoms with Gasteiger partial charge < -0.3 is 14.4 Å². The Morgan fingerprint density at radius 2 is 1.90 bits per heavy atom. The molecule has 39 heavy (non-hydrogen) atoms. The van der Waals surface area contributed by atoms with Crippen molar-refractivity contribution < 1.29 is 23.9 Å². The average molecular weight is 545 g/mol. The van der Waals surface area contributed by atoms with E-state index >= 15 is 0 Å². The van der Waals surface area contributed by atoms with E-state index in [9.17, 15) is 14.4 Å². The Hall–Kier alpha value is -4.42. The third-order valence-electron chi connectivity index (χ3n) is 6.83. The number of rotatable bonds is 6. The summed E-state index contributed by atoms with van der Waals surface area (Å²) in [5.41, 5.74) is 5.72. The van der Waals surface area contributed by atoms with Crippen molar-refractivity contribution in [3.05, 3.63) is 75.3 Å². The van der Waals surface area contributed by atoms with E-state index in [1.165, 1.54) is 7.11 Å². The lowest BCUT2D eigenvalue weighted by Gasteiger charge is -2.33. The van der Waals surface area contributed by atoms with E-state index in [-0.39, 0.29) is 6.61 Å². The molecule has 0 bridgehead atoms. The van der Waals surface area contributed by atoms with Crippen LogP contribution < -0.4 is 4.74 Å². The highest BCUT2D eigenvalue weighted by atomic mass is 35.5. The van der Waals surface area contributed by atoms with Gasteiger partial charge in [0.1, 0.15) is 29.8 Å². The molecule has 0 spiro atoms. The first-order chi connectivity index (χ1) is 18.8. The van der Waals surface area contributed by atoms with Gasteiger partial charge in [-0.15, -0.1) is 0 Å². The van der Waals surface area contributed by atoms with Crippen molar-refractivity contribution >= 4 is 40.8 Å². The van der Waals surface area contributed by atoms with E-state index in [0.29, 0.717) is 70.6 Å². The van der Waals surface area contributed by atoms with E-state index < -0.39 is 5.97 Å². The van der Waals surface area contributed by atoms with Crippen LogP contribution in [0.1, 0.15) is 42.4 Å². The van der Waals surface area contributed by atoms with Crippen molar-refractivity contribution in [2.75, 3.05) is 20.3 Å². The minimum absolute atomic E-state index is 0.223. The lowest BCUT2D eigenvalue weighted by Crippen LogP contribution is -2.36. The summed E-state index contributed by atoms with van der Waals surface area (Å²) in [6, 6.07) is 10.7. The monoisotopic (exact) mass is 544 g/mol. The number of hydrogen-bond acceptors (Lipinski definition) is 8. The topological polar surface area (TPSA) is 103 Å². The summed E-state index contributed by atoms with van der Waals surface area (Å²) >= 11 is 6.38. The van der Waals surface area contributed by atoms with Crippen molar-refractivity contribution in [1.82, 2.24) is 14.5 Å². The molecule has 1 aromatic carbocycles. The molecular weight excluding hydrogens is 520 g/mol. The molecule has 198 valence electrons. The van der Waals surface area contributed by atoms with Crippen molar-refractivity contribution in [3.63, 3.8) is 0 Å². The molecule has 3 aromatic rings. The van der Waals surface area contributed by atoms with Gasteiger partial charge in [0, 0.05) is 39.4 Å². The van der Waals surface area contributed by atoms with Crippen LogP contribution in [0.15, 0.2) is 63.9 Å². The number of aromatic nitrogens is 2. The molecule has 0 unspecified atom stereocenters. The largest absolute Gasteiger partial charge is 0.491 e. The zero-order valence-electron chi connectivity index (χ0n) is 21.7. The summed E-state index contributed by atoms with van der Waals surface area (Å²) in [5, 5.41) is 5.01. The van der Waals surface area contributed by atoms with Crippen LogP contribution in [0, 0.1) is 6.92 Å². The van der Waals surface area contributed by atoms with E-state index in [1.54, 1.807) is 39.7 Å². The maximum atomic E-state index is 12.3. The van der Waals surface area contributed by atoms with Crippen molar-refractivity contribution in [2.24, 2.45) is 4.99 Å². The van der Waals surface area contributed by atoms with Gasteiger partial charge in [0.05, 0.1) is 24.9 Å². The van der Waals surface area contributed by atoms with Crippen LogP contribution >= 0.6 is 11.6 Å². The highest BCUT2D eigenvalue weighted by molar-refractivity contribution is 6.31. The van der Waals surface area contributed by atoms with Crippen LogP contribution in [0.2, 0.25) is 5.02 Å². The van der Waals surface area contributed by atoms with Gasteiger partial charge in [-0.3, -0.25) is 0 Å². The smallest absolute Gasteiger partial charge is 0.356 e. The fourth-order valence-electron chi connectivity index (χ4n) is 5.00. The molecule has 1 aliphatic heterocycles. The second kappa shape index (κ2) is 10.8. The summed E-state index contributed by atoms with van der Waals surface area (Å²) < 4.78 is 12.7. The zero-order valence-corrected chi connectivity index (χ0v) is 22.5. The Balaban J connectivity index is 1.43. The van der Waals surface area contributed by atoms with Gasteiger partial charge in [-0.1, -0.05) is 11.6 Å². The number of carbonyl (C=O) groups is 1. The fourth-order valence-corrected chi connectivity index (χ4v) is 5.17. The van der Waals surface area contributed by atoms with E-state index in [2.05, 4.69) is 16.0 Å². The maximum Gasteiger partial charge on any atom is 0.356 e. The first kappa shape index (κ1) is 26.2. The number of methoxy groups -OCH3 is 1. The third-order valence-corrected chi connectivity index (χ3v) is 7.06. The van der Waals surface area contributed by atoms with Crippen LogP contribution in [-0.2, 0) is 14.3 Å². The molecule has 0 saturated heterocycles. The second-order valence-electron chi connectivity index (χ2n) is 9.26. The Bertz CT molecular complexity index is 1670.